The van der Waals surface area contributed by atoms with E-state index in [-0.39, 0.29) is 17.0 Å². The zero-order valence-electron chi connectivity index (χ0n) is 17.6. The van der Waals surface area contributed by atoms with Gasteiger partial charge in [-0.2, -0.15) is 8.78 Å². The van der Waals surface area contributed by atoms with Crippen molar-refractivity contribution in [2.24, 2.45) is 0 Å². The quantitative estimate of drug-likeness (QED) is 0.645. The number of ether oxygens (including phenoxy) is 6. The number of benzene rings is 1. The molecule has 0 bridgehead atoms. The molecule has 0 unspecified atom stereocenters. The summed E-state index contributed by atoms with van der Waals surface area (Å²) in [5, 5.41) is 6.28. The average Bonchev–Trinajstić information content (AvgIpc) is 3.26. The third kappa shape index (κ3) is 5.07. The van der Waals surface area contributed by atoms with Gasteiger partial charge >= 0.3 is 6.61 Å². The molecule has 0 saturated carbocycles. The van der Waals surface area contributed by atoms with Gasteiger partial charge in [-0.15, -0.1) is 0 Å². The molecule has 1 aromatic carbocycles. The molecule has 3 saturated heterocycles. The summed E-state index contributed by atoms with van der Waals surface area (Å²) < 4.78 is 59.6. The van der Waals surface area contributed by atoms with Crippen molar-refractivity contribution in [1.29, 1.82) is 0 Å². The summed E-state index contributed by atoms with van der Waals surface area (Å²) in [7, 11) is 0. The van der Waals surface area contributed by atoms with Crippen LogP contribution in [0.15, 0.2) is 24.3 Å². The van der Waals surface area contributed by atoms with Crippen molar-refractivity contribution in [1.82, 2.24) is 5.32 Å². The highest BCUT2D eigenvalue weighted by molar-refractivity contribution is 7.80. The first-order valence-electron chi connectivity index (χ1n) is 9.97. The van der Waals surface area contributed by atoms with Gasteiger partial charge in [-0.1, -0.05) is 12.1 Å². The fourth-order valence-electron chi connectivity index (χ4n) is 3.97. The highest BCUT2D eigenvalue weighted by atomic mass is 32.1. The van der Waals surface area contributed by atoms with Crippen LogP contribution in [0.3, 0.4) is 0 Å². The monoisotopic (exact) mass is 460 g/mol. The van der Waals surface area contributed by atoms with Gasteiger partial charge in [0.1, 0.15) is 24.1 Å². The molecule has 0 radical (unpaired) electrons. The highest BCUT2D eigenvalue weighted by Crippen LogP contribution is 2.40. The molecule has 172 valence electrons. The van der Waals surface area contributed by atoms with Crippen LogP contribution in [0.2, 0.25) is 0 Å². The Bertz CT molecular complexity index is 827. The van der Waals surface area contributed by atoms with E-state index in [1.54, 1.807) is 32.0 Å². The van der Waals surface area contributed by atoms with Crippen molar-refractivity contribution >= 4 is 23.0 Å². The van der Waals surface area contributed by atoms with Gasteiger partial charge in [-0.05, 0) is 52.0 Å². The molecule has 3 aliphatic heterocycles. The predicted octanol–water partition coefficient (Wildman–Crippen LogP) is 2.97. The van der Waals surface area contributed by atoms with Gasteiger partial charge in [0.15, 0.2) is 23.0 Å². The second kappa shape index (κ2) is 8.38. The van der Waals surface area contributed by atoms with Gasteiger partial charge < -0.3 is 39.1 Å². The maximum Gasteiger partial charge on any atom is 0.387 e. The average molecular weight is 460 g/mol. The van der Waals surface area contributed by atoms with Gasteiger partial charge in [-0.3, -0.25) is 0 Å². The number of anilines is 1. The Hall–Kier alpha value is -1.63. The second-order valence-electron chi connectivity index (χ2n) is 8.44. The van der Waals surface area contributed by atoms with Crippen molar-refractivity contribution in [2.75, 3.05) is 11.9 Å². The van der Waals surface area contributed by atoms with E-state index in [1.807, 2.05) is 13.8 Å². The highest BCUT2D eigenvalue weighted by Gasteiger charge is 2.58. The minimum absolute atomic E-state index is 0.0189. The number of hydrogen-bond donors (Lipinski definition) is 2. The minimum atomic E-state index is -2.95. The maximum atomic E-state index is 12.7. The third-order valence-corrected chi connectivity index (χ3v) is 5.35. The zero-order valence-corrected chi connectivity index (χ0v) is 18.4. The SMILES string of the molecule is CC1(C)O[C@H]2O[C@H]([C@H]3COC(C)(C)O3)[C@@H](NC(=S)Nc3ccccc3OC(F)F)[C@H]2O1. The number of fused-ring (bicyclic) bond motifs is 1. The summed E-state index contributed by atoms with van der Waals surface area (Å²) in [6.45, 7) is 4.64. The molecular weight excluding hydrogens is 434 g/mol. The first-order chi connectivity index (χ1) is 14.5. The lowest BCUT2D eigenvalue weighted by Crippen LogP contribution is -2.53. The summed E-state index contributed by atoms with van der Waals surface area (Å²) in [5.41, 5.74) is 0.304. The number of para-hydroxylation sites is 2. The van der Waals surface area contributed by atoms with Crippen molar-refractivity contribution < 1.29 is 37.2 Å². The summed E-state index contributed by atoms with van der Waals surface area (Å²) in [6.07, 6.45) is -1.91. The predicted molar refractivity (Wildman–Crippen MR) is 110 cm³/mol. The van der Waals surface area contributed by atoms with Crippen molar-refractivity contribution in [3.05, 3.63) is 24.3 Å². The molecule has 0 amide bonds. The number of thiocarbonyl (C=S) groups is 1. The van der Waals surface area contributed by atoms with E-state index in [0.717, 1.165) is 0 Å². The number of nitrogens with one attached hydrogen (secondary N) is 2. The number of hydrogen-bond acceptors (Lipinski definition) is 7. The Kier molecular flexibility index (Phi) is 6.10. The van der Waals surface area contributed by atoms with E-state index in [0.29, 0.717) is 12.3 Å². The Balaban J connectivity index is 1.49. The van der Waals surface area contributed by atoms with Crippen LogP contribution in [0.25, 0.3) is 0 Å². The summed E-state index contributed by atoms with van der Waals surface area (Å²) in [5.74, 6) is -1.57. The number of rotatable bonds is 5. The molecule has 31 heavy (non-hydrogen) atoms. The van der Waals surface area contributed by atoms with Crippen LogP contribution in [-0.4, -0.2) is 60.5 Å². The van der Waals surface area contributed by atoms with Crippen LogP contribution < -0.4 is 15.4 Å². The lowest BCUT2D eigenvalue weighted by molar-refractivity contribution is -0.223. The van der Waals surface area contributed by atoms with E-state index >= 15 is 0 Å². The maximum absolute atomic E-state index is 12.7. The minimum Gasteiger partial charge on any atom is -0.433 e. The fraction of sp³-hybridized carbons (Fsp3) is 0.650. The molecule has 1 aromatic rings. The van der Waals surface area contributed by atoms with Crippen LogP contribution in [-0.2, 0) is 23.7 Å². The van der Waals surface area contributed by atoms with E-state index < -0.39 is 42.7 Å². The molecule has 0 aliphatic carbocycles. The summed E-state index contributed by atoms with van der Waals surface area (Å²) in [4.78, 5) is 0. The van der Waals surface area contributed by atoms with Crippen LogP contribution in [0, 0.1) is 0 Å². The molecule has 4 rings (SSSR count). The molecule has 2 N–H and O–H groups in total. The molecule has 5 atom stereocenters. The second-order valence-corrected chi connectivity index (χ2v) is 8.84. The Labute approximate surface area is 184 Å². The first-order valence-corrected chi connectivity index (χ1v) is 10.4. The molecule has 3 heterocycles. The molecule has 0 aromatic heterocycles. The lowest BCUT2D eigenvalue weighted by Gasteiger charge is -2.30. The third-order valence-electron chi connectivity index (χ3n) is 5.13. The fourth-order valence-corrected chi connectivity index (χ4v) is 4.22. The smallest absolute Gasteiger partial charge is 0.387 e. The van der Waals surface area contributed by atoms with Crippen molar-refractivity contribution in [2.45, 2.75) is 76.5 Å². The van der Waals surface area contributed by atoms with E-state index in [2.05, 4.69) is 15.4 Å². The van der Waals surface area contributed by atoms with Crippen LogP contribution in [0.1, 0.15) is 27.7 Å². The van der Waals surface area contributed by atoms with Crippen LogP contribution in [0.4, 0.5) is 14.5 Å². The van der Waals surface area contributed by atoms with E-state index in [4.69, 9.17) is 35.9 Å². The zero-order chi connectivity index (χ0) is 22.4. The van der Waals surface area contributed by atoms with Gasteiger partial charge in [0.2, 0.25) is 0 Å². The normalized spacial score (nSPS) is 33.3. The van der Waals surface area contributed by atoms with Crippen molar-refractivity contribution in [3.63, 3.8) is 0 Å². The van der Waals surface area contributed by atoms with Gasteiger partial charge in [-0.25, -0.2) is 0 Å². The molecule has 3 aliphatic rings. The van der Waals surface area contributed by atoms with Gasteiger partial charge in [0, 0.05) is 0 Å². The Morgan fingerprint density at radius 3 is 2.52 bits per heavy atom. The number of alkyl halides is 2. The lowest BCUT2D eigenvalue weighted by atomic mass is 10.0. The largest absolute Gasteiger partial charge is 0.433 e. The molecular formula is C20H26F2N2O6S. The van der Waals surface area contributed by atoms with E-state index in [1.165, 1.54) is 6.07 Å². The Morgan fingerprint density at radius 1 is 1.10 bits per heavy atom. The van der Waals surface area contributed by atoms with Gasteiger partial charge in [0.05, 0.1) is 18.3 Å². The van der Waals surface area contributed by atoms with Crippen LogP contribution in [0.5, 0.6) is 5.75 Å². The topological polar surface area (TPSA) is 79.4 Å². The summed E-state index contributed by atoms with van der Waals surface area (Å²) >= 11 is 5.45. The van der Waals surface area contributed by atoms with Crippen LogP contribution >= 0.6 is 12.2 Å². The Morgan fingerprint density at radius 2 is 1.84 bits per heavy atom. The first kappa shape index (κ1) is 22.6. The molecule has 0 spiro atoms. The van der Waals surface area contributed by atoms with Crippen molar-refractivity contribution in [3.8, 4) is 5.75 Å². The van der Waals surface area contributed by atoms with Gasteiger partial charge in [0.25, 0.3) is 0 Å². The standard InChI is InChI=1S/C20H26F2N2O6S/c1-19(2)25-9-12(28-19)14-13(15-16(27-14)30-20(3,4)29-15)24-18(31)23-10-7-5-6-8-11(10)26-17(21)22/h5-8,12-17H,9H2,1-4H3,(H2,23,24,31)/t12-,13-,14-,15-,16-/m1/s1. The molecule has 11 heteroatoms. The summed E-state index contributed by atoms with van der Waals surface area (Å²) in [6, 6.07) is 5.86. The van der Waals surface area contributed by atoms with E-state index in [9.17, 15) is 8.78 Å². The number of halogens is 2. The molecule has 8 nitrogen and oxygen atoms in total. The molecule has 3 fully saturated rings.